The minimum absolute atomic E-state index is 0.0127. The van der Waals surface area contributed by atoms with E-state index in [1.807, 2.05) is 13.8 Å². The molecule has 0 amide bonds. The number of rotatable bonds is 12. The van der Waals surface area contributed by atoms with Gasteiger partial charge in [-0.25, -0.2) is 28.4 Å². The number of halogens is 1. The minimum atomic E-state index is -4.05. The molecule has 4 rings (SSSR count). The highest BCUT2D eigenvalue weighted by Crippen LogP contribution is 2.35. The molecule has 0 aliphatic rings. The Bertz CT molecular complexity index is 1530. The van der Waals surface area contributed by atoms with Crippen molar-refractivity contribution in [1.82, 2.24) is 19.9 Å². The standard InChI is InChI=1S/C27H28BrN5O6S/c1-27(2,16-35)20-7-9-22(10-8-20)40(36,37)33-24-23(19-5-3-18(15-34)4-6-19)25(32-17-31-24)38-11-12-39-26-29-13-21(28)14-30-26/h3-10,13-14,17,34-35H,11-12,15-16H2,1-2H3,(H,31,32,33). The summed E-state index contributed by atoms with van der Waals surface area (Å²) in [4.78, 5) is 16.5. The van der Waals surface area contributed by atoms with E-state index in [2.05, 4.69) is 40.6 Å². The Morgan fingerprint density at radius 3 is 2.17 bits per heavy atom. The average molecular weight is 631 g/mol. The fraction of sp³-hybridized carbons (Fsp3) is 0.259. The van der Waals surface area contributed by atoms with E-state index < -0.39 is 15.4 Å². The van der Waals surface area contributed by atoms with Crippen LogP contribution < -0.4 is 14.2 Å². The van der Waals surface area contributed by atoms with Crippen molar-refractivity contribution in [2.45, 2.75) is 30.8 Å². The molecule has 0 bridgehead atoms. The number of nitrogens with one attached hydrogen (secondary N) is 1. The molecule has 4 aromatic rings. The molecule has 2 heterocycles. The van der Waals surface area contributed by atoms with Crippen molar-refractivity contribution in [3.05, 3.63) is 82.9 Å². The lowest BCUT2D eigenvalue weighted by Gasteiger charge is -2.22. The maximum absolute atomic E-state index is 13.3. The van der Waals surface area contributed by atoms with Crippen molar-refractivity contribution in [3.8, 4) is 23.0 Å². The van der Waals surface area contributed by atoms with Crippen molar-refractivity contribution >= 4 is 31.8 Å². The predicted octanol–water partition coefficient (Wildman–Crippen LogP) is 3.72. The Morgan fingerprint density at radius 2 is 1.55 bits per heavy atom. The van der Waals surface area contributed by atoms with Crippen LogP contribution in [0, 0.1) is 0 Å². The van der Waals surface area contributed by atoms with Crippen LogP contribution in [0.3, 0.4) is 0 Å². The zero-order valence-electron chi connectivity index (χ0n) is 21.8. The zero-order valence-corrected chi connectivity index (χ0v) is 24.2. The van der Waals surface area contributed by atoms with Crippen LogP contribution in [0.2, 0.25) is 0 Å². The predicted molar refractivity (Wildman–Crippen MR) is 151 cm³/mol. The summed E-state index contributed by atoms with van der Waals surface area (Å²) in [5.74, 6) is 0.142. The summed E-state index contributed by atoms with van der Waals surface area (Å²) in [6.07, 6.45) is 4.31. The summed E-state index contributed by atoms with van der Waals surface area (Å²) < 4.78 is 41.3. The van der Waals surface area contributed by atoms with Crippen molar-refractivity contribution in [2.75, 3.05) is 24.5 Å². The third-order valence-corrected chi connectivity index (χ3v) is 7.72. The number of nitrogens with zero attached hydrogens (tertiary/aromatic N) is 4. The van der Waals surface area contributed by atoms with Crippen LogP contribution in [0.4, 0.5) is 5.82 Å². The number of aliphatic hydroxyl groups is 2. The van der Waals surface area contributed by atoms with Crippen LogP contribution in [0.1, 0.15) is 25.0 Å². The summed E-state index contributed by atoms with van der Waals surface area (Å²) in [5, 5.41) is 19.1. The molecule has 0 saturated heterocycles. The van der Waals surface area contributed by atoms with Crippen molar-refractivity contribution in [1.29, 1.82) is 0 Å². The summed E-state index contributed by atoms with van der Waals surface area (Å²) in [5.41, 5.74) is 1.85. The molecule has 0 atom stereocenters. The van der Waals surface area contributed by atoms with E-state index in [1.165, 1.54) is 18.5 Å². The first-order valence-corrected chi connectivity index (χ1v) is 14.4. The molecule has 2 aromatic heterocycles. The second-order valence-electron chi connectivity index (χ2n) is 9.31. The number of aromatic nitrogens is 4. The van der Waals surface area contributed by atoms with Gasteiger partial charge in [0.1, 0.15) is 19.5 Å². The van der Waals surface area contributed by atoms with Gasteiger partial charge >= 0.3 is 6.01 Å². The highest BCUT2D eigenvalue weighted by molar-refractivity contribution is 9.10. The van der Waals surface area contributed by atoms with Crippen molar-refractivity contribution < 1.29 is 28.1 Å². The highest BCUT2D eigenvalue weighted by atomic mass is 79.9. The Morgan fingerprint density at radius 1 is 0.900 bits per heavy atom. The third kappa shape index (κ3) is 7.10. The Hall–Kier alpha value is -3.65. The highest BCUT2D eigenvalue weighted by Gasteiger charge is 2.24. The largest absolute Gasteiger partial charge is 0.473 e. The average Bonchev–Trinajstić information content (AvgIpc) is 2.96. The SMILES string of the molecule is CC(C)(CO)c1ccc(S(=O)(=O)Nc2ncnc(OCCOc3ncc(Br)cn3)c2-c2ccc(CO)cc2)cc1. The summed E-state index contributed by atoms with van der Waals surface area (Å²) in [7, 11) is -4.05. The normalized spacial score (nSPS) is 11.7. The van der Waals surface area contributed by atoms with Gasteiger partial charge in [-0.05, 0) is 44.8 Å². The van der Waals surface area contributed by atoms with Gasteiger partial charge in [-0.1, -0.05) is 50.2 Å². The Balaban J connectivity index is 1.61. The number of anilines is 1. The molecular formula is C27H28BrN5O6S. The lowest BCUT2D eigenvalue weighted by atomic mass is 9.86. The molecule has 40 heavy (non-hydrogen) atoms. The molecule has 3 N–H and O–H groups in total. The summed E-state index contributed by atoms with van der Waals surface area (Å²) in [6, 6.07) is 13.3. The molecule has 13 heteroatoms. The number of ether oxygens (including phenoxy) is 2. The van der Waals surface area contributed by atoms with Crippen LogP contribution in [0.15, 0.2) is 76.6 Å². The van der Waals surface area contributed by atoms with E-state index in [0.717, 1.165) is 5.56 Å². The molecule has 0 unspecified atom stereocenters. The molecule has 2 aromatic carbocycles. The van der Waals surface area contributed by atoms with E-state index in [1.54, 1.807) is 48.8 Å². The van der Waals surface area contributed by atoms with E-state index in [-0.39, 0.29) is 49.0 Å². The lowest BCUT2D eigenvalue weighted by molar-refractivity contribution is 0.202. The van der Waals surface area contributed by atoms with E-state index in [0.29, 0.717) is 21.2 Å². The summed E-state index contributed by atoms with van der Waals surface area (Å²) >= 11 is 3.26. The number of hydrogen-bond acceptors (Lipinski definition) is 10. The fourth-order valence-corrected chi connectivity index (χ4v) is 4.83. The van der Waals surface area contributed by atoms with Crippen LogP contribution in [-0.4, -0.2) is 58.4 Å². The zero-order chi connectivity index (χ0) is 28.8. The van der Waals surface area contributed by atoms with E-state index in [4.69, 9.17) is 9.47 Å². The molecule has 0 aliphatic heterocycles. The molecule has 210 valence electrons. The fourth-order valence-electron chi connectivity index (χ4n) is 3.60. The van der Waals surface area contributed by atoms with E-state index in [9.17, 15) is 18.6 Å². The van der Waals surface area contributed by atoms with Gasteiger partial charge in [0, 0.05) is 17.8 Å². The van der Waals surface area contributed by atoms with Gasteiger partial charge in [0.2, 0.25) is 5.88 Å². The van der Waals surface area contributed by atoms with Crippen molar-refractivity contribution in [2.24, 2.45) is 0 Å². The third-order valence-electron chi connectivity index (χ3n) is 5.96. The van der Waals surface area contributed by atoms with Gasteiger partial charge < -0.3 is 19.7 Å². The molecular weight excluding hydrogens is 602 g/mol. The van der Waals surface area contributed by atoms with Crippen molar-refractivity contribution in [3.63, 3.8) is 0 Å². The van der Waals surface area contributed by atoms with Gasteiger partial charge in [-0.3, -0.25) is 4.72 Å². The molecule has 0 fully saturated rings. The molecule has 0 saturated carbocycles. The molecule has 0 spiro atoms. The molecule has 11 nitrogen and oxygen atoms in total. The quantitative estimate of drug-likeness (QED) is 0.197. The van der Waals surface area contributed by atoms with E-state index >= 15 is 0 Å². The maximum Gasteiger partial charge on any atom is 0.316 e. The first-order valence-electron chi connectivity index (χ1n) is 12.2. The molecule has 0 radical (unpaired) electrons. The Labute approximate surface area is 240 Å². The lowest BCUT2D eigenvalue weighted by Crippen LogP contribution is -2.22. The number of aliphatic hydroxyl groups excluding tert-OH is 2. The monoisotopic (exact) mass is 629 g/mol. The van der Waals surface area contributed by atoms with Crippen LogP contribution in [0.5, 0.6) is 11.9 Å². The first-order chi connectivity index (χ1) is 19.1. The second kappa shape index (κ2) is 12.7. The Kier molecular flexibility index (Phi) is 9.30. The van der Waals surface area contributed by atoms with Gasteiger partial charge in [0.25, 0.3) is 10.0 Å². The number of sulfonamides is 1. The number of hydrogen-bond donors (Lipinski definition) is 3. The van der Waals surface area contributed by atoms with Gasteiger partial charge in [-0.15, -0.1) is 0 Å². The minimum Gasteiger partial charge on any atom is -0.473 e. The van der Waals surface area contributed by atoms with Gasteiger partial charge in [0.05, 0.1) is 28.1 Å². The van der Waals surface area contributed by atoms with Crippen LogP contribution >= 0.6 is 15.9 Å². The molecule has 0 aliphatic carbocycles. The topological polar surface area (TPSA) is 157 Å². The summed E-state index contributed by atoms with van der Waals surface area (Å²) in [6.45, 7) is 3.66. The number of benzene rings is 2. The smallest absolute Gasteiger partial charge is 0.316 e. The first kappa shape index (κ1) is 29.3. The van der Waals surface area contributed by atoms with Crippen LogP contribution in [-0.2, 0) is 22.0 Å². The van der Waals surface area contributed by atoms with Gasteiger partial charge in [-0.2, -0.15) is 0 Å². The van der Waals surface area contributed by atoms with Gasteiger partial charge in [0.15, 0.2) is 5.82 Å². The van der Waals surface area contributed by atoms with Crippen LogP contribution in [0.25, 0.3) is 11.1 Å². The second-order valence-corrected chi connectivity index (χ2v) is 11.9. The maximum atomic E-state index is 13.3.